The molecule has 1 aromatic heterocycles. The first-order valence-corrected chi connectivity index (χ1v) is 7.21. The van der Waals surface area contributed by atoms with E-state index >= 15 is 0 Å². The number of nitrogens with one attached hydrogen (secondary N) is 1. The van der Waals surface area contributed by atoms with Crippen LogP contribution in [0.15, 0.2) is 12.1 Å². The number of benzene rings is 1. The summed E-state index contributed by atoms with van der Waals surface area (Å²) in [6.45, 7) is 4.32. The van der Waals surface area contributed by atoms with Gasteiger partial charge in [-0.05, 0) is 55.7 Å². The molecule has 2 saturated carbocycles. The molecule has 2 aliphatic carbocycles. The smallest absolute Gasteiger partial charge is 0.110 e. The van der Waals surface area contributed by atoms with Crippen molar-refractivity contribution in [2.45, 2.75) is 45.4 Å². The summed E-state index contributed by atoms with van der Waals surface area (Å²) in [6.07, 6.45) is 5.70. The van der Waals surface area contributed by atoms with Crippen molar-refractivity contribution in [1.82, 2.24) is 9.97 Å². The first-order chi connectivity index (χ1) is 8.74. The molecular weight excluding hydrogens is 220 g/mol. The van der Waals surface area contributed by atoms with Gasteiger partial charge in [0.2, 0.25) is 0 Å². The van der Waals surface area contributed by atoms with Crippen LogP contribution in [0.2, 0.25) is 0 Å². The summed E-state index contributed by atoms with van der Waals surface area (Å²) in [5.74, 6) is 3.86. The highest BCUT2D eigenvalue weighted by atomic mass is 15.0. The number of nitrogens with zero attached hydrogens (tertiary/aromatic N) is 1. The van der Waals surface area contributed by atoms with Gasteiger partial charge < -0.3 is 4.98 Å². The van der Waals surface area contributed by atoms with E-state index in [1.807, 2.05) is 0 Å². The lowest BCUT2D eigenvalue weighted by Gasteiger charge is -2.04. The molecular formula is C16H20N2. The molecule has 2 fully saturated rings. The molecule has 2 aromatic rings. The third kappa shape index (κ3) is 1.44. The van der Waals surface area contributed by atoms with Crippen molar-refractivity contribution in [2.75, 3.05) is 0 Å². The molecule has 2 nitrogen and oxygen atoms in total. The second-order valence-electron chi connectivity index (χ2n) is 6.24. The van der Waals surface area contributed by atoms with Gasteiger partial charge in [0.15, 0.2) is 0 Å². The minimum Gasteiger partial charge on any atom is -0.342 e. The molecule has 2 unspecified atom stereocenters. The minimum absolute atomic E-state index is 0.736. The lowest BCUT2D eigenvalue weighted by molar-refractivity contribution is 0.480. The summed E-state index contributed by atoms with van der Waals surface area (Å²) in [4.78, 5) is 8.47. The maximum absolute atomic E-state index is 4.88. The summed E-state index contributed by atoms with van der Waals surface area (Å²) in [6, 6.07) is 4.46. The number of imidazole rings is 1. The Hall–Kier alpha value is -1.31. The standard InChI is InChI=1S/C16H20N2/c1-9-7-10(2)15-13(8-9)17-16(18-15)14-11-5-3-4-6-12(11)14/h7-8,11-12,14H,3-6H2,1-2H3,(H,17,18). The molecule has 0 spiro atoms. The number of fused-ring (bicyclic) bond motifs is 2. The number of rotatable bonds is 1. The third-order valence-electron chi connectivity index (χ3n) is 4.91. The van der Waals surface area contributed by atoms with Crippen LogP contribution >= 0.6 is 0 Å². The van der Waals surface area contributed by atoms with Crippen LogP contribution in [0.5, 0.6) is 0 Å². The van der Waals surface area contributed by atoms with E-state index in [9.17, 15) is 0 Å². The van der Waals surface area contributed by atoms with Crippen LogP contribution < -0.4 is 0 Å². The Bertz CT molecular complexity index is 599. The fraction of sp³-hybridized carbons (Fsp3) is 0.562. The Kier molecular flexibility index (Phi) is 2.12. The first kappa shape index (κ1) is 10.6. The van der Waals surface area contributed by atoms with Gasteiger partial charge in [-0.2, -0.15) is 0 Å². The van der Waals surface area contributed by atoms with E-state index in [-0.39, 0.29) is 0 Å². The zero-order chi connectivity index (χ0) is 12.3. The Labute approximate surface area is 108 Å². The summed E-state index contributed by atoms with van der Waals surface area (Å²) >= 11 is 0. The second kappa shape index (κ2) is 3.59. The minimum atomic E-state index is 0.736. The van der Waals surface area contributed by atoms with E-state index in [0.717, 1.165) is 17.8 Å². The Morgan fingerprint density at radius 3 is 2.56 bits per heavy atom. The lowest BCUT2D eigenvalue weighted by atomic mass is 10.0. The predicted octanol–water partition coefficient (Wildman–Crippen LogP) is 4.08. The molecule has 0 saturated heterocycles. The zero-order valence-electron chi connectivity index (χ0n) is 11.2. The fourth-order valence-corrected chi connectivity index (χ4v) is 4.05. The predicted molar refractivity (Wildman–Crippen MR) is 73.8 cm³/mol. The number of hydrogen-bond acceptors (Lipinski definition) is 1. The summed E-state index contributed by atoms with van der Waals surface area (Å²) in [5, 5.41) is 0. The molecule has 4 rings (SSSR count). The van der Waals surface area contributed by atoms with Crippen molar-refractivity contribution in [2.24, 2.45) is 11.8 Å². The average Bonchev–Trinajstić information content (AvgIpc) is 2.92. The van der Waals surface area contributed by atoms with Crippen LogP contribution in [0.25, 0.3) is 11.0 Å². The maximum atomic E-state index is 4.88. The maximum Gasteiger partial charge on any atom is 0.110 e. The number of aromatic nitrogens is 2. The summed E-state index contributed by atoms with van der Waals surface area (Å²) in [5.41, 5.74) is 5.03. The number of hydrogen-bond donors (Lipinski definition) is 1. The SMILES string of the molecule is Cc1cc(C)c2nc(C3C4CCCCC43)[nH]c2c1. The Morgan fingerprint density at radius 1 is 1.11 bits per heavy atom. The van der Waals surface area contributed by atoms with Crippen molar-refractivity contribution in [3.05, 3.63) is 29.1 Å². The van der Waals surface area contributed by atoms with E-state index in [2.05, 4.69) is 31.0 Å². The van der Waals surface area contributed by atoms with Gasteiger partial charge in [-0.1, -0.05) is 18.9 Å². The molecule has 0 aliphatic heterocycles. The van der Waals surface area contributed by atoms with E-state index in [1.165, 1.54) is 53.7 Å². The molecule has 1 heterocycles. The van der Waals surface area contributed by atoms with Gasteiger partial charge in [0.05, 0.1) is 11.0 Å². The normalized spacial score (nSPS) is 30.4. The van der Waals surface area contributed by atoms with Crippen LogP contribution in [-0.4, -0.2) is 9.97 Å². The van der Waals surface area contributed by atoms with E-state index < -0.39 is 0 Å². The van der Waals surface area contributed by atoms with Crippen molar-refractivity contribution in [1.29, 1.82) is 0 Å². The topological polar surface area (TPSA) is 28.7 Å². The second-order valence-corrected chi connectivity index (χ2v) is 6.24. The van der Waals surface area contributed by atoms with Crippen molar-refractivity contribution >= 4 is 11.0 Å². The molecule has 1 N–H and O–H groups in total. The average molecular weight is 240 g/mol. The largest absolute Gasteiger partial charge is 0.342 e. The molecule has 94 valence electrons. The van der Waals surface area contributed by atoms with Crippen molar-refractivity contribution in [3.63, 3.8) is 0 Å². The number of aryl methyl sites for hydroxylation is 2. The van der Waals surface area contributed by atoms with Crippen molar-refractivity contribution < 1.29 is 0 Å². The third-order valence-corrected chi connectivity index (χ3v) is 4.91. The fourth-order valence-electron chi connectivity index (χ4n) is 4.05. The molecule has 1 aromatic carbocycles. The summed E-state index contributed by atoms with van der Waals surface area (Å²) < 4.78 is 0. The van der Waals surface area contributed by atoms with E-state index in [4.69, 9.17) is 4.98 Å². The van der Waals surface area contributed by atoms with Gasteiger partial charge in [-0.3, -0.25) is 0 Å². The van der Waals surface area contributed by atoms with E-state index in [1.54, 1.807) is 0 Å². The molecule has 0 bridgehead atoms. The molecule has 18 heavy (non-hydrogen) atoms. The van der Waals surface area contributed by atoms with Crippen LogP contribution in [0.4, 0.5) is 0 Å². The number of H-pyrrole nitrogens is 1. The highest BCUT2D eigenvalue weighted by molar-refractivity contribution is 5.79. The quantitative estimate of drug-likeness (QED) is 0.799. The first-order valence-electron chi connectivity index (χ1n) is 7.21. The highest BCUT2D eigenvalue weighted by Gasteiger charge is 2.52. The monoisotopic (exact) mass is 240 g/mol. The van der Waals surface area contributed by atoms with Crippen LogP contribution in [0, 0.1) is 25.7 Å². The molecule has 2 aliphatic rings. The molecule has 2 heteroatoms. The Balaban J connectivity index is 1.76. The van der Waals surface area contributed by atoms with Gasteiger partial charge in [0, 0.05) is 5.92 Å². The molecule has 0 amide bonds. The van der Waals surface area contributed by atoms with Crippen LogP contribution in [-0.2, 0) is 0 Å². The van der Waals surface area contributed by atoms with Gasteiger partial charge in [0.25, 0.3) is 0 Å². The van der Waals surface area contributed by atoms with Gasteiger partial charge in [-0.25, -0.2) is 4.98 Å². The summed E-state index contributed by atoms with van der Waals surface area (Å²) in [7, 11) is 0. The highest BCUT2D eigenvalue weighted by Crippen LogP contribution is 2.60. The molecule has 2 atom stereocenters. The number of aromatic amines is 1. The van der Waals surface area contributed by atoms with Gasteiger partial charge in [-0.15, -0.1) is 0 Å². The van der Waals surface area contributed by atoms with Gasteiger partial charge >= 0.3 is 0 Å². The van der Waals surface area contributed by atoms with Crippen molar-refractivity contribution in [3.8, 4) is 0 Å². The lowest BCUT2D eigenvalue weighted by Crippen LogP contribution is -1.91. The van der Waals surface area contributed by atoms with Crippen LogP contribution in [0.1, 0.15) is 48.6 Å². The van der Waals surface area contributed by atoms with Crippen LogP contribution in [0.3, 0.4) is 0 Å². The zero-order valence-corrected chi connectivity index (χ0v) is 11.2. The van der Waals surface area contributed by atoms with Gasteiger partial charge in [0.1, 0.15) is 5.82 Å². The molecule has 0 radical (unpaired) electrons. The Morgan fingerprint density at radius 2 is 1.83 bits per heavy atom. The van der Waals surface area contributed by atoms with E-state index in [0.29, 0.717) is 0 Å².